The molecule has 0 saturated carbocycles. The van der Waals surface area contributed by atoms with Gasteiger partial charge in [0, 0.05) is 29.2 Å². The van der Waals surface area contributed by atoms with E-state index in [1.807, 2.05) is 12.1 Å². The van der Waals surface area contributed by atoms with Crippen molar-refractivity contribution in [2.45, 2.75) is 26.4 Å². The molecule has 0 spiro atoms. The number of halogens is 3. The molecule has 0 amide bonds. The number of nitrogens with one attached hydrogen (secondary N) is 1. The molecule has 0 heterocycles. The van der Waals surface area contributed by atoms with Gasteiger partial charge in [0.1, 0.15) is 11.5 Å². The SMILES string of the molecule is CC(C)NCc1cc(Cl)ccc1Oc1ccc(Cl)c(Cl)c1. The highest BCUT2D eigenvalue weighted by Crippen LogP contribution is 2.32. The van der Waals surface area contributed by atoms with Crippen LogP contribution in [0.2, 0.25) is 15.1 Å². The molecule has 0 bridgehead atoms. The van der Waals surface area contributed by atoms with Crippen LogP contribution in [-0.4, -0.2) is 6.04 Å². The zero-order chi connectivity index (χ0) is 15.4. The quantitative estimate of drug-likeness (QED) is 0.725. The van der Waals surface area contributed by atoms with Crippen molar-refractivity contribution in [1.82, 2.24) is 5.32 Å². The van der Waals surface area contributed by atoms with Crippen molar-refractivity contribution < 1.29 is 4.74 Å². The van der Waals surface area contributed by atoms with Crippen LogP contribution in [-0.2, 0) is 6.54 Å². The van der Waals surface area contributed by atoms with Gasteiger partial charge in [-0.05, 0) is 30.3 Å². The Morgan fingerprint density at radius 1 is 1.00 bits per heavy atom. The van der Waals surface area contributed by atoms with Gasteiger partial charge in [-0.3, -0.25) is 0 Å². The minimum absolute atomic E-state index is 0.377. The minimum Gasteiger partial charge on any atom is -0.457 e. The molecule has 0 aliphatic heterocycles. The predicted molar refractivity (Wildman–Crippen MR) is 90.0 cm³/mol. The molecule has 0 radical (unpaired) electrons. The van der Waals surface area contributed by atoms with Crippen LogP contribution in [0.1, 0.15) is 19.4 Å². The van der Waals surface area contributed by atoms with Gasteiger partial charge in [0.2, 0.25) is 0 Å². The summed E-state index contributed by atoms with van der Waals surface area (Å²) in [6.45, 7) is 4.85. The third kappa shape index (κ3) is 4.79. The molecule has 5 heteroatoms. The van der Waals surface area contributed by atoms with Crippen molar-refractivity contribution in [1.29, 1.82) is 0 Å². The average Bonchev–Trinajstić information content (AvgIpc) is 2.43. The highest BCUT2D eigenvalue weighted by Gasteiger charge is 2.08. The van der Waals surface area contributed by atoms with Crippen LogP contribution in [0.25, 0.3) is 0 Å². The Morgan fingerprint density at radius 2 is 1.76 bits per heavy atom. The van der Waals surface area contributed by atoms with Crippen molar-refractivity contribution in [3.8, 4) is 11.5 Å². The van der Waals surface area contributed by atoms with Gasteiger partial charge in [-0.25, -0.2) is 0 Å². The van der Waals surface area contributed by atoms with Crippen LogP contribution in [0.4, 0.5) is 0 Å². The molecule has 2 rings (SSSR count). The van der Waals surface area contributed by atoms with E-state index in [-0.39, 0.29) is 0 Å². The lowest BCUT2D eigenvalue weighted by molar-refractivity contribution is 0.469. The van der Waals surface area contributed by atoms with Gasteiger partial charge in [-0.1, -0.05) is 48.7 Å². The maximum absolute atomic E-state index is 6.06. The Morgan fingerprint density at radius 3 is 2.43 bits per heavy atom. The first kappa shape index (κ1) is 16.4. The first-order valence-corrected chi connectivity index (χ1v) is 7.74. The topological polar surface area (TPSA) is 21.3 Å². The second-order valence-electron chi connectivity index (χ2n) is 4.97. The Kier molecular flexibility index (Phi) is 5.77. The van der Waals surface area contributed by atoms with Crippen LogP contribution < -0.4 is 10.1 Å². The molecule has 0 aromatic heterocycles. The van der Waals surface area contributed by atoms with E-state index in [0.717, 1.165) is 11.3 Å². The standard InChI is InChI=1S/C16H16Cl3NO/c1-10(2)20-9-11-7-12(17)3-6-16(11)21-13-4-5-14(18)15(19)8-13/h3-8,10,20H,9H2,1-2H3. The molecule has 0 atom stereocenters. The summed E-state index contributed by atoms with van der Waals surface area (Å²) in [7, 11) is 0. The summed E-state index contributed by atoms with van der Waals surface area (Å²) in [6.07, 6.45) is 0. The maximum Gasteiger partial charge on any atom is 0.132 e. The van der Waals surface area contributed by atoms with Crippen molar-refractivity contribution in [2.75, 3.05) is 0 Å². The Hall–Kier alpha value is -0.930. The van der Waals surface area contributed by atoms with Gasteiger partial charge in [0.15, 0.2) is 0 Å². The molecule has 112 valence electrons. The molecule has 0 aliphatic rings. The fraction of sp³-hybridized carbons (Fsp3) is 0.250. The first-order valence-electron chi connectivity index (χ1n) is 6.60. The summed E-state index contributed by atoms with van der Waals surface area (Å²) in [5, 5.41) is 4.99. The molecule has 2 nitrogen and oxygen atoms in total. The first-order chi connectivity index (χ1) is 9.95. The summed E-state index contributed by atoms with van der Waals surface area (Å²) in [4.78, 5) is 0. The average molecular weight is 345 g/mol. The maximum atomic E-state index is 6.06. The number of rotatable bonds is 5. The van der Waals surface area contributed by atoms with E-state index in [2.05, 4.69) is 19.2 Å². The fourth-order valence-corrected chi connectivity index (χ4v) is 2.25. The molecule has 21 heavy (non-hydrogen) atoms. The number of benzene rings is 2. The zero-order valence-corrected chi connectivity index (χ0v) is 14.1. The van der Waals surface area contributed by atoms with E-state index in [0.29, 0.717) is 33.4 Å². The number of hydrogen-bond acceptors (Lipinski definition) is 2. The second kappa shape index (κ2) is 7.37. The lowest BCUT2D eigenvalue weighted by Crippen LogP contribution is -2.22. The lowest BCUT2D eigenvalue weighted by Gasteiger charge is -2.14. The summed E-state index contributed by atoms with van der Waals surface area (Å²) >= 11 is 18.0. The van der Waals surface area contributed by atoms with Crippen molar-refractivity contribution >= 4 is 34.8 Å². The normalized spacial score (nSPS) is 11.0. The lowest BCUT2D eigenvalue weighted by atomic mass is 10.2. The third-order valence-corrected chi connectivity index (χ3v) is 3.82. The van der Waals surface area contributed by atoms with Crippen molar-refractivity contribution in [3.05, 3.63) is 57.0 Å². The Labute approximate surface area is 140 Å². The molecule has 0 aliphatic carbocycles. The summed E-state index contributed by atoms with van der Waals surface area (Å²) in [6, 6.07) is 11.1. The summed E-state index contributed by atoms with van der Waals surface area (Å²) < 4.78 is 5.89. The second-order valence-corrected chi connectivity index (χ2v) is 6.22. The van der Waals surface area contributed by atoms with E-state index < -0.39 is 0 Å². The van der Waals surface area contributed by atoms with Crippen LogP contribution in [0, 0.1) is 0 Å². The van der Waals surface area contributed by atoms with Crippen LogP contribution >= 0.6 is 34.8 Å². The van der Waals surface area contributed by atoms with E-state index >= 15 is 0 Å². The van der Waals surface area contributed by atoms with Crippen LogP contribution in [0.5, 0.6) is 11.5 Å². The van der Waals surface area contributed by atoms with Crippen LogP contribution in [0.3, 0.4) is 0 Å². The van der Waals surface area contributed by atoms with Crippen molar-refractivity contribution in [3.63, 3.8) is 0 Å². The van der Waals surface area contributed by atoms with Gasteiger partial charge in [-0.2, -0.15) is 0 Å². The van der Waals surface area contributed by atoms with E-state index in [9.17, 15) is 0 Å². The smallest absolute Gasteiger partial charge is 0.132 e. The van der Waals surface area contributed by atoms with Gasteiger partial charge in [-0.15, -0.1) is 0 Å². The minimum atomic E-state index is 0.377. The molecular formula is C16H16Cl3NO. The third-order valence-electron chi connectivity index (χ3n) is 2.84. The molecule has 2 aromatic rings. The summed E-state index contributed by atoms with van der Waals surface area (Å²) in [5.41, 5.74) is 0.988. The molecule has 0 saturated heterocycles. The monoisotopic (exact) mass is 343 g/mol. The van der Waals surface area contributed by atoms with E-state index in [4.69, 9.17) is 39.5 Å². The predicted octanol–water partition coefficient (Wildman–Crippen LogP) is 5.94. The molecule has 1 N–H and O–H groups in total. The Bertz CT molecular complexity index is 629. The highest BCUT2D eigenvalue weighted by molar-refractivity contribution is 6.42. The van der Waals surface area contributed by atoms with Gasteiger partial charge in [0.05, 0.1) is 10.0 Å². The Balaban J connectivity index is 2.23. The number of ether oxygens (including phenoxy) is 1. The summed E-state index contributed by atoms with van der Waals surface area (Å²) in [5.74, 6) is 1.38. The zero-order valence-electron chi connectivity index (χ0n) is 11.8. The van der Waals surface area contributed by atoms with E-state index in [1.165, 1.54) is 0 Å². The highest BCUT2D eigenvalue weighted by atomic mass is 35.5. The van der Waals surface area contributed by atoms with Gasteiger partial charge in [0.25, 0.3) is 0 Å². The molecule has 0 unspecified atom stereocenters. The van der Waals surface area contributed by atoms with Gasteiger partial charge >= 0.3 is 0 Å². The number of hydrogen-bond donors (Lipinski definition) is 1. The molecule has 0 fully saturated rings. The molecule has 2 aromatic carbocycles. The molecular weight excluding hydrogens is 329 g/mol. The largest absolute Gasteiger partial charge is 0.457 e. The van der Waals surface area contributed by atoms with Crippen LogP contribution in [0.15, 0.2) is 36.4 Å². The van der Waals surface area contributed by atoms with Crippen molar-refractivity contribution in [2.24, 2.45) is 0 Å². The van der Waals surface area contributed by atoms with E-state index in [1.54, 1.807) is 24.3 Å². The van der Waals surface area contributed by atoms with Gasteiger partial charge < -0.3 is 10.1 Å². The fourth-order valence-electron chi connectivity index (χ4n) is 1.77.